The highest BCUT2D eigenvalue weighted by Crippen LogP contribution is 2.37. The lowest BCUT2D eigenvalue weighted by Crippen LogP contribution is -2.52. The zero-order valence-corrected chi connectivity index (χ0v) is 31.2. The molecule has 254 valence electrons. The van der Waals surface area contributed by atoms with Gasteiger partial charge in [0, 0.05) is 17.6 Å². The molecular weight excluding hydrogens is 611 g/mol. The number of hydrogen-bond donors (Lipinski definition) is 0. The zero-order valence-electron chi connectivity index (χ0n) is 29.6. The molecule has 2 aromatic carbocycles. The van der Waals surface area contributed by atoms with Gasteiger partial charge in [-0.25, -0.2) is 4.98 Å². The highest BCUT2D eigenvalue weighted by Gasteiger charge is 2.42. The van der Waals surface area contributed by atoms with Crippen LogP contribution in [-0.4, -0.2) is 42.4 Å². The summed E-state index contributed by atoms with van der Waals surface area (Å²) in [7, 11) is 1.69. The molecule has 1 aliphatic heterocycles. The van der Waals surface area contributed by atoms with Crippen LogP contribution in [0.3, 0.4) is 0 Å². The van der Waals surface area contributed by atoms with E-state index >= 15 is 0 Å². The first-order chi connectivity index (χ1) is 21.9. The van der Waals surface area contributed by atoms with Gasteiger partial charge in [-0.2, -0.15) is 0 Å². The molecule has 7 atom stereocenters. The number of thiazole rings is 1. The summed E-state index contributed by atoms with van der Waals surface area (Å²) in [5.74, 6) is 3.80. The molecule has 2 heterocycles. The predicted molar refractivity (Wildman–Crippen MR) is 195 cm³/mol. The number of nitrogens with zero attached hydrogens (tertiary/aromatic N) is 1. The van der Waals surface area contributed by atoms with Gasteiger partial charge in [-0.3, -0.25) is 0 Å². The lowest BCUT2D eigenvalue weighted by molar-refractivity contribution is -0.329. The van der Waals surface area contributed by atoms with Crippen molar-refractivity contribution in [2.75, 3.05) is 19.5 Å². The number of para-hydroxylation sites is 1. The van der Waals surface area contributed by atoms with Gasteiger partial charge in [0.15, 0.2) is 10.1 Å². The first-order valence-corrected chi connectivity index (χ1v) is 18.9. The fourth-order valence-corrected chi connectivity index (χ4v) is 8.99. The van der Waals surface area contributed by atoms with Crippen LogP contribution in [0.1, 0.15) is 86.6 Å². The minimum Gasteiger partial charge on any atom is -0.497 e. The van der Waals surface area contributed by atoms with E-state index in [2.05, 4.69) is 97.9 Å². The Morgan fingerprint density at radius 1 is 1.04 bits per heavy atom. The summed E-state index contributed by atoms with van der Waals surface area (Å²) >= 11 is 3.73. The van der Waals surface area contributed by atoms with Crippen molar-refractivity contribution < 1.29 is 18.9 Å². The summed E-state index contributed by atoms with van der Waals surface area (Å²) < 4.78 is 26.8. The molecule has 0 spiro atoms. The van der Waals surface area contributed by atoms with Crippen molar-refractivity contribution in [3.8, 4) is 5.75 Å². The molecule has 0 saturated carbocycles. The van der Waals surface area contributed by atoms with Crippen LogP contribution in [0.4, 0.5) is 0 Å². The van der Waals surface area contributed by atoms with Gasteiger partial charge in [0.1, 0.15) is 5.75 Å². The van der Waals surface area contributed by atoms with Crippen molar-refractivity contribution in [1.82, 2.24) is 4.98 Å². The Balaban J connectivity index is 1.19. The molecule has 0 bridgehead atoms. The summed E-state index contributed by atoms with van der Waals surface area (Å²) in [5.41, 5.74) is 3.77. The van der Waals surface area contributed by atoms with Gasteiger partial charge in [-0.15, -0.1) is 11.3 Å². The first-order valence-electron chi connectivity index (χ1n) is 17.1. The van der Waals surface area contributed by atoms with Crippen LogP contribution in [0.2, 0.25) is 0 Å². The smallest absolute Gasteiger partial charge is 0.163 e. The lowest BCUT2D eigenvalue weighted by atomic mass is 9.84. The Kier molecular flexibility index (Phi) is 14.0. The number of methoxy groups -OCH3 is 1. The van der Waals surface area contributed by atoms with Gasteiger partial charge in [0.2, 0.25) is 0 Å². The quantitative estimate of drug-likeness (QED) is 0.105. The number of aromatic nitrogens is 1. The molecule has 1 aliphatic rings. The monoisotopic (exact) mass is 667 g/mol. The largest absolute Gasteiger partial charge is 0.497 e. The summed E-state index contributed by atoms with van der Waals surface area (Å²) in [6.45, 7) is 19.3. The maximum Gasteiger partial charge on any atom is 0.163 e. The standard InChI is InChI=1S/C39H57NO4S2/c1-26(20-27(2)21-28(3)22-29(4)25-45-38-40-34-12-10-11-13-36(34)46-38)14-19-35-31(6)37(44-39(7,8)43-35)30(5)23-42-24-32-15-17-33(41-9)18-16-32/h10-13,15-18,20,26,28-31,35,37H,14,19,21-25H2,1-9H3/b27-20+/t26-,28+,29-,30-,31-,35+,37+/m0/s1. The number of thioether (sulfide) groups is 1. The van der Waals surface area contributed by atoms with E-state index in [1.54, 1.807) is 7.11 Å². The molecule has 1 saturated heterocycles. The molecule has 0 radical (unpaired) electrons. The molecule has 0 amide bonds. The van der Waals surface area contributed by atoms with Crippen LogP contribution >= 0.6 is 23.1 Å². The van der Waals surface area contributed by atoms with Gasteiger partial charge >= 0.3 is 0 Å². The van der Waals surface area contributed by atoms with Crippen LogP contribution < -0.4 is 4.74 Å². The summed E-state index contributed by atoms with van der Waals surface area (Å²) in [6.07, 6.45) is 7.30. The van der Waals surface area contributed by atoms with E-state index in [4.69, 9.17) is 23.9 Å². The minimum atomic E-state index is -0.599. The van der Waals surface area contributed by atoms with Gasteiger partial charge < -0.3 is 18.9 Å². The van der Waals surface area contributed by atoms with E-state index < -0.39 is 5.79 Å². The van der Waals surface area contributed by atoms with Crippen molar-refractivity contribution in [2.24, 2.45) is 29.6 Å². The van der Waals surface area contributed by atoms with E-state index in [0.29, 0.717) is 36.9 Å². The molecule has 46 heavy (non-hydrogen) atoms. The molecule has 1 fully saturated rings. The van der Waals surface area contributed by atoms with E-state index in [1.807, 2.05) is 35.2 Å². The Hall–Kier alpha value is -1.90. The van der Waals surface area contributed by atoms with Crippen molar-refractivity contribution in [3.63, 3.8) is 0 Å². The SMILES string of the molecule is COc1ccc(COC[C@H](C)[C@H]2OC(C)(C)O[C@H](CC[C@H](C)/C=C(\C)C[C@@H](C)C[C@H](C)CSc3nc4ccccc4s3)[C@@H]2C)cc1. The van der Waals surface area contributed by atoms with Crippen LogP contribution in [0, 0.1) is 29.6 Å². The van der Waals surface area contributed by atoms with Crippen molar-refractivity contribution >= 4 is 33.3 Å². The summed E-state index contributed by atoms with van der Waals surface area (Å²) in [6, 6.07) is 16.5. The van der Waals surface area contributed by atoms with Gasteiger partial charge in [-0.1, -0.05) is 82.3 Å². The molecule has 0 unspecified atom stereocenters. The molecular formula is C39H57NO4S2. The molecule has 4 rings (SSSR count). The number of benzene rings is 2. The Bertz CT molecular complexity index is 1340. The highest BCUT2D eigenvalue weighted by atomic mass is 32.2. The van der Waals surface area contributed by atoms with Crippen LogP contribution in [0.25, 0.3) is 10.2 Å². The highest BCUT2D eigenvalue weighted by molar-refractivity contribution is 8.01. The molecule has 7 heteroatoms. The van der Waals surface area contributed by atoms with Gasteiger partial charge in [0.05, 0.1) is 42.7 Å². The predicted octanol–water partition coefficient (Wildman–Crippen LogP) is 10.8. The fraction of sp³-hybridized carbons (Fsp3) is 0.615. The number of allylic oxidation sites excluding steroid dienone is 2. The van der Waals surface area contributed by atoms with Crippen molar-refractivity contribution in [3.05, 3.63) is 65.7 Å². The van der Waals surface area contributed by atoms with E-state index in [9.17, 15) is 0 Å². The topological polar surface area (TPSA) is 49.8 Å². The van der Waals surface area contributed by atoms with Crippen molar-refractivity contribution in [2.45, 2.75) is 110 Å². The van der Waals surface area contributed by atoms with Crippen LogP contribution in [0.5, 0.6) is 5.75 Å². The average Bonchev–Trinajstić information content (AvgIpc) is 3.43. The molecule has 3 aromatic rings. The molecule has 0 aliphatic carbocycles. The third-order valence-electron chi connectivity index (χ3n) is 9.05. The van der Waals surface area contributed by atoms with Gasteiger partial charge in [0.25, 0.3) is 0 Å². The van der Waals surface area contributed by atoms with E-state index in [-0.39, 0.29) is 18.1 Å². The maximum atomic E-state index is 6.50. The average molecular weight is 668 g/mol. The van der Waals surface area contributed by atoms with E-state index in [0.717, 1.165) is 41.8 Å². The van der Waals surface area contributed by atoms with Crippen LogP contribution in [0.15, 0.2) is 64.5 Å². The second-order valence-corrected chi connectivity index (χ2v) is 16.6. The minimum absolute atomic E-state index is 0.0906. The number of fused-ring (bicyclic) bond motifs is 1. The van der Waals surface area contributed by atoms with E-state index in [1.165, 1.54) is 21.0 Å². The second kappa shape index (κ2) is 17.5. The molecule has 5 nitrogen and oxygen atoms in total. The first kappa shape index (κ1) is 36.9. The lowest BCUT2D eigenvalue weighted by Gasteiger charge is -2.47. The third kappa shape index (κ3) is 11.4. The molecule has 0 N–H and O–H groups in total. The fourth-order valence-electron chi connectivity index (χ4n) is 6.86. The Morgan fingerprint density at radius 3 is 2.50 bits per heavy atom. The Morgan fingerprint density at radius 2 is 1.78 bits per heavy atom. The normalized spacial score (nSPS) is 22.8. The summed E-state index contributed by atoms with van der Waals surface area (Å²) in [4.78, 5) is 4.80. The number of rotatable bonds is 17. The zero-order chi connectivity index (χ0) is 33.3. The second-order valence-electron chi connectivity index (χ2n) is 14.3. The Labute approximate surface area is 286 Å². The van der Waals surface area contributed by atoms with Crippen LogP contribution in [-0.2, 0) is 20.8 Å². The number of ether oxygens (including phenoxy) is 4. The number of hydrogen-bond acceptors (Lipinski definition) is 7. The third-order valence-corrected chi connectivity index (χ3v) is 11.6. The van der Waals surface area contributed by atoms with Crippen molar-refractivity contribution in [1.29, 1.82) is 0 Å². The summed E-state index contributed by atoms with van der Waals surface area (Å²) in [5, 5.41) is 0. The maximum absolute atomic E-state index is 6.50. The molecule has 1 aromatic heterocycles. The van der Waals surface area contributed by atoms with Gasteiger partial charge in [-0.05, 0) is 94.0 Å².